The predicted molar refractivity (Wildman–Crippen MR) is 119 cm³/mol. The Kier molecular flexibility index (Phi) is 6.45. The van der Waals surface area contributed by atoms with Crippen molar-refractivity contribution in [2.75, 3.05) is 13.4 Å². The molecule has 2 aliphatic rings. The zero-order chi connectivity index (χ0) is 20.7. The SMILES string of the molecule is CC1c2cccc(Br)c2C(=O)N1[C@H](C1CC1)C(C)(C)OCOCC[Si](C)(C)C. The first-order valence-electron chi connectivity index (χ1n) is 10.4. The van der Waals surface area contributed by atoms with Gasteiger partial charge in [-0.25, -0.2) is 0 Å². The highest BCUT2D eigenvalue weighted by Crippen LogP contribution is 2.48. The lowest BCUT2D eigenvalue weighted by Crippen LogP contribution is -2.53. The summed E-state index contributed by atoms with van der Waals surface area (Å²) in [6.45, 7) is 14.4. The van der Waals surface area contributed by atoms with Crippen molar-refractivity contribution in [2.45, 2.75) is 77.0 Å². The minimum absolute atomic E-state index is 0.0508. The second-order valence-electron chi connectivity index (χ2n) is 9.96. The van der Waals surface area contributed by atoms with E-state index < -0.39 is 13.7 Å². The quantitative estimate of drug-likeness (QED) is 0.259. The van der Waals surface area contributed by atoms with E-state index in [9.17, 15) is 4.79 Å². The van der Waals surface area contributed by atoms with E-state index in [-0.39, 0.29) is 24.8 Å². The number of rotatable bonds is 9. The van der Waals surface area contributed by atoms with Crippen LogP contribution in [-0.4, -0.2) is 43.9 Å². The monoisotopic (exact) mass is 467 g/mol. The molecule has 6 heteroatoms. The van der Waals surface area contributed by atoms with E-state index in [2.05, 4.69) is 67.3 Å². The third kappa shape index (κ3) is 4.72. The Morgan fingerprint density at radius 3 is 2.54 bits per heavy atom. The van der Waals surface area contributed by atoms with Gasteiger partial charge in [0.05, 0.1) is 23.2 Å². The summed E-state index contributed by atoms with van der Waals surface area (Å²) >= 11 is 3.57. The highest BCUT2D eigenvalue weighted by atomic mass is 79.9. The molecule has 0 saturated heterocycles. The molecule has 4 nitrogen and oxygen atoms in total. The van der Waals surface area contributed by atoms with Crippen LogP contribution in [0.2, 0.25) is 25.7 Å². The Morgan fingerprint density at radius 2 is 1.96 bits per heavy atom. The standard InChI is InChI=1S/C22H34BrNO3Si/c1-15-17-8-7-9-18(23)19(17)21(25)24(15)20(16-10-11-16)22(2,3)27-14-26-12-13-28(4,5)6/h7-9,15-16,20H,10-14H2,1-6H3/t15?,20-/m1/s1. The smallest absolute Gasteiger partial charge is 0.256 e. The van der Waals surface area contributed by atoms with Gasteiger partial charge in [0.1, 0.15) is 6.79 Å². The molecule has 156 valence electrons. The van der Waals surface area contributed by atoms with Crippen molar-refractivity contribution in [2.24, 2.45) is 5.92 Å². The first kappa shape index (κ1) is 22.0. The third-order valence-electron chi connectivity index (χ3n) is 5.95. The molecular weight excluding hydrogens is 434 g/mol. The van der Waals surface area contributed by atoms with Crippen LogP contribution in [-0.2, 0) is 9.47 Å². The molecule has 1 aromatic carbocycles. The molecule has 0 bridgehead atoms. The summed E-state index contributed by atoms with van der Waals surface area (Å²) in [6.07, 6.45) is 2.31. The van der Waals surface area contributed by atoms with Crippen molar-refractivity contribution in [1.29, 1.82) is 0 Å². The van der Waals surface area contributed by atoms with Gasteiger partial charge in [-0.05, 0) is 73.1 Å². The molecule has 0 spiro atoms. The molecule has 28 heavy (non-hydrogen) atoms. The maximum atomic E-state index is 13.3. The van der Waals surface area contributed by atoms with Gasteiger partial charge >= 0.3 is 0 Å². The molecule has 1 amide bonds. The average molecular weight is 469 g/mol. The van der Waals surface area contributed by atoms with Gasteiger partial charge in [0.25, 0.3) is 5.91 Å². The van der Waals surface area contributed by atoms with Gasteiger partial charge in [0.15, 0.2) is 0 Å². The van der Waals surface area contributed by atoms with E-state index in [0.29, 0.717) is 5.92 Å². The lowest BCUT2D eigenvalue weighted by atomic mass is 9.91. The van der Waals surface area contributed by atoms with E-state index in [0.717, 1.165) is 41.1 Å². The maximum absolute atomic E-state index is 13.3. The molecule has 1 saturated carbocycles. The second kappa shape index (κ2) is 8.21. The number of nitrogens with zero attached hydrogens (tertiary/aromatic N) is 1. The van der Waals surface area contributed by atoms with Gasteiger partial charge < -0.3 is 14.4 Å². The lowest BCUT2D eigenvalue weighted by molar-refractivity contribution is -0.155. The molecule has 2 atom stereocenters. The molecule has 1 fully saturated rings. The third-order valence-corrected chi connectivity index (χ3v) is 8.32. The van der Waals surface area contributed by atoms with Crippen molar-refractivity contribution in [3.8, 4) is 0 Å². The Bertz CT molecular complexity index is 727. The average Bonchev–Trinajstić information content (AvgIpc) is 3.37. The Labute approximate surface area is 179 Å². The lowest BCUT2D eigenvalue weighted by Gasteiger charge is -2.42. The van der Waals surface area contributed by atoms with Gasteiger partial charge in [0, 0.05) is 19.2 Å². The largest absolute Gasteiger partial charge is 0.356 e. The molecule has 3 rings (SSSR count). The van der Waals surface area contributed by atoms with Crippen molar-refractivity contribution in [3.63, 3.8) is 0 Å². The van der Waals surface area contributed by atoms with Gasteiger partial charge in [-0.2, -0.15) is 0 Å². The molecule has 1 unspecified atom stereocenters. The highest BCUT2D eigenvalue weighted by Gasteiger charge is 2.51. The highest BCUT2D eigenvalue weighted by molar-refractivity contribution is 9.10. The van der Waals surface area contributed by atoms with Crippen LogP contribution < -0.4 is 0 Å². The molecule has 1 aliphatic heterocycles. The number of carbonyl (C=O) groups excluding carboxylic acids is 1. The van der Waals surface area contributed by atoms with E-state index >= 15 is 0 Å². The Morgan fingerprint density at radius 1 is 1.29 bits per heavy atom. The van der Waals surface area contributed by atoms with Crippen molar-refractivity contribution >= 4 is 29.9 Å². The first-order chi connectivity index (χ1) is 13.0. The second-order valence-corrected chi connectivity index (χ2v) is 16.4. The normalized spacial score (nSPS) is 21.2. The number of ether oxygens (including phenoxy) is 2. The van der Waals surface area contributed by atoms with Crippen LogP contribution in [0.5, 0.6) is 0 Å². The molecule has 0 radical (unpaired) electrons. The van der Waals surface area contributed by atoms with Crippen LogP contribution in [0.4, 0.5) is 0 Å². The molecule has 1 heterocycles. The molecule has 1 aromatic rings. The van der Waals surface area contributed by atoms with Crippen molar-refractivity contribution in [1.82, 2.24) is 4.90 Å². The molecule has 0 aromatic heterocycles. The summed E-state index contributed by atoms with van der Waals surface area (Å²) in [6, 6.07) is 7.27. The van der Waals surface area contributed by atoms with Gasteiger partial charge in [0.2, 0.25) is 0 Å². The van der Waals surface area contributed by atoms with Gasteiger partial charge in [-0.15, -0.1) is 0 Å². The Hall–Kier alpha value is -0.693. The first-order valence-corrected chi connectivity index (χ1v) is 14.9. The summed E-state index contributed by atoms with van der Waals surface area (Å²) in [5.74, 6) is 0.611. The minimum Gasteiger partial charge on any atom is -0.356 e. The van der Waals surface area contributed by atoms with Crippen molar-refractivity contribution < 1.29 is 14.3 Å². The van der Waals surface area contributed by atoms with Crippen LogP contribution >= 0.6 is 15.9 Å². The number of amides is 1. The zero-order valence-corrected chi connectivity index (χ0v) is 20.6. The van der Waals surface area contributed by atoms with Crippen LogP contribution in [0.15, 0.2) is 22.7 Å². The Balaban J connectivity index is 1.71. The topological polar surface area (TPSA) is 38.8 Å². The summed E-state index contributed by atoms with van der Waals surface area (Å²) < 4.78 is 12.9. The van der Waals surface area contributed by atoms with E-state index in [4.69, 9.17) is 9.47 Å². The maximum Gasteiger partial charge on any atom is 0.256 e. The fraction of sp³-hybridized carbons (Fsp3) is 0.682. The summed E-state index contributed by atoms with van der Waals surface area (Å²) in [5, 5.41) is 0. The van der Waals surface area contributed by atoms with Crippen molar-refractivity contribution in [3.05, 3.63) is 33.8 Å². The molecule has 0 N–H and O–H groups in total. The summed E-state index contributed by atoms with van der Waals surface area (Å²) in [4.78, 5) is 15.4. The predicted octanol–water partition coefficient (Wildman–Crippen LogP) is 5.85. The van der Waals surface area contributed by atoms with Crippen LogP contribution in [0, 0.1) is 5.92 Å². The molecular formula is C22H34BrNO3Si. The number of benzene rings is 1. The fourth-order valence-corrected chi connectivity index (χ4v) is 5.50. The summed E-state index contributed by atoms with van der Waals surface area (Å²) in [5.41, 5.74) is 1.45. The summed E-state index contributed by atoms with van der Waals surface area (Å²) in [7, 11) is -1.10. The van der Waals surface area contributed by atoms with Crippen LogP contribution in [0.3, 0.4) is 0 Å². The number of halogens is 1. The number of hydrogen-bond acceptors (Lipinski definition) is 3. The van der Waals surface area contributed by atoms with Crippen LogP contribution in [0.25, 0.3) is 0 Å². The number of hydrogen-bond donors (Lipinski definition) is 0. The zero-order valence-electron chi connectivity index (χ0n) is 18.0. The number of fused-ring (bicyclic) bond motifs is 1. The van der Waals surface area contributed by atoms with E-state index in [1.807, 2.05) is 12.1 Å². The minimum atomic E-state index is -1.10. The van der Waals surface area contributed by atoms with Gasteiger partial charge in [-0.3, -0.25) is 4.79 Å². The molecule has 1 aliphatic carbocycles. The van der Waals surface area contributed by atoms with Gasteiger partial charge in [-0.1, -0.05) is 31.8 Å². The fourth-order valence-electron chi connectivity index (χ4n) is 4.19. The number of carbonyl (C=O) groups is 1. The van der Waals surface area contributed by atoms with Crippen LogP contribution in [0.1, 0.15) is 55.6 Å². The van der Waals surface area contributed by atoms with E-state index in [1.165, 1.54) is 0 Å². The van der Waals surface area contributed by atoms with E-state index in [1.54, 1.807) is 0 Å².